The van der Waals surface area contributed by atoms with Crippen LogP contribution in [0.25, 0.3) is 0 Å². The van der Waals surface area contributed by atoms with E-state index in [1.54, 1.807) is 0 Å². The van der Waals surface area contributed by atoms with Gasteiger partial charge in [-0.05, 0) is 30.5 Å². The molecule has 0 aliphatic heterocycles. The lowest BCUT2D eigenvalue weighted by Gasteiger charge is -2.05. The highest BCUT2D eigenvalue weighted by atomic mass is 32.1. The van der Waals surface area contributed by atoms with Gasteiger partial charge >= 0.3 is 0 Å². The SMILES string of the molecule is CCCOc1ccc(CCc2nsc(N)n2)cc1. The first-order chi connectivity index (χ1) is 8.78. The van der Waals surface area contributed by atoms with E-state index in [-0.39, 0.29) is 0 Å². The summed E-state index contributed by atoms with van der Waals surface area (Å²) in [6.45, 7) is 2.86. The van der Waals surface area contributed by atoms with Crippen molar-refractivity contribution in [2.45, 2.75) is 26.2 Å². The van der Waals surface area contributed by atoms with Crippen molar-refractivity contribution < 1.29 is 4.74 Å². The molecule has 18 heavy (non-hydrogen) atoms. The van der Waals surface area contributed by atoms with Crippen LogP contribution in [-0.4, -0.2) is 16.0 Å². The Morgan fingerprint density at radius 2 is 2.00 bits per heavy atom. The van der Waals surface area contributed by atoms with Crippen LogP contribution in [0.2, 0.25) is 0 Å². The average Bonchev–Trinajstić information content (AvgIpc) is 2.81. The minimum Gasteiger partial charge on any atom is -0.494 e. The summed E-state index contributed by atoms with van der Waals surface area (Å²) in [6.07, 6.45) is 2.77. The molecule has 2 aromatic rings. The summed E-state index contributed by atoms with van der Waals surface area (Å²) in [4.78, 5) is 4.14. The van der Waals surface area contributed by atoms with Gasteiger partial charge in [-0.2, -0.15) is 4.37 Å². The van der Waals surface area contributed by atoms with Gasteiger partial charge in [-0.1, -0.05) is 19.1 Å². The van der Waals surface area contributed by atoms with Crippen LogP contribution in [0.3, 0.4) is 0 Å². The second kappa shape index (κ2) is 6.35. The Balaban J connectivity index is 1.86. The summed E-state index contributed by atoms with van der Waals surface area (Å²) in [5, 5.41) is 0.535. The zero-order valence-electron chi connectivity index (χ0n) is 10.4. The van der Waals surface area contributed by atoms with Gasteiger partial charge in [0.05, 0.1) is 6.61 Å². The second-order valence-electron chi connectivity index (χ2n) is 4.04. The van der Waals surface area contributed by atoms with Crippen LogP contribution in [0.4, 0.5) is 5.13 Å². The number of ether oxygens (including phenoxy) is 1. The second-order valence-corrected chi connectivity index (χ2v) is 4.82. The Bertz CT molecular complexity index is 481. The third-order valence-electron chi connectivity index (χ3n) is 2.52. The highest BCUT2D eigenvalue weighted by molar-refractivity contribution is 7.09. The monoisotopic (exact) mass is 263 g/mol. The van der Waals surface area contributed by atoms with Gasteiger partial charge in [0.15, 0.2) is 5.13 Å². The van der Waals surface area contributed by atoms with Crippen LogP contribution in [-0.2, 0) is 12.8 Å². The first-order valence-electron chi connectivity index (χ1n) is 6.07. The summed E-state index contributed by atoms with van der Waals surface area (Å²) in [5.41, 5.74) is 6.80. The fraction of sp³-hybridized carbons (Fsp3) is 0.385. The molecule has 0 aliphatic rings. The predicted molar refractivity (Wildman–Crippen MR) is 74.0 cm³/mol. The van der Waals surface area contributed by atoms with Gasteiger partial charge in [0.2, 0.25) is 0 Å². The first kappa shape index (κ1) is 12.8. The maximum atomic E-state index is 5.54. The van der Waals surface area contributed by atoms with Crippen molar-refractivity contribution in [1.82, 2.24) is 9.36 Å². The number of hydrogen-bond donors (Lipinski definition) is 1. The van der Waals surface area contributed by atoms with E-state index in [9.17, 15) is 0 Å². The van der Waals surface area contributed by atoms with E-state index in [0.717, 1.165) is 37.4 Å². The molecule has 4 nitrogen and oxygen atoms in total. The molecule has 5 heteroatoms. The molecular formula is C13H17N3OS. The Morgan fingerprint density at radius 1 is 1.22 bits per heavy atom. The Hall–Kier alpha value is -1.62. The van der Waals surface area contributed by atoms with Crippen LogP contribution < -0.4 is 10.5 Å². The van der Waals surface area contributed by atoms with E-state index >= 15 is 0 Å². The highest BCUT2D eigenvalue weighted by Gasteiger charge is 2.02. The van der Waals surface area contributed by atoms with E-state index < -0.39 is 0 Å². The van der Waals surface area contributed by atoms with E-state index in [2.05, 4.69) is 28.4 Å². The number of rotatable bonds is 6. The molecule has 0 bridgehead atoms. The van der Waals surface area contributed by atoms with Crippen molar-refractivity contribution >= 4 is 16.7 Å². The molecular weight excluding hydrogens is 246 g/mol. The van der Waals surface area contributed by atoms with Crippen molar-refractivity contribution in [3.8, 4) is 5.75 Å². The lowest BCUT2D eigenvalue weighted by atomic mass is 10.1. The summed E-state index contributed by atoms with van der Waals surface area (Å²) < 4.78 is 9.71. The molecule has 0 aliphatic carbocycles. The normalized spacial score (nSPS) is 10.5. The average molecular weight is 263 g/mol. The Morgan fingerprint density at radius 3 is 2.61 bits per heavy atom. The van der Waals surface area contributed by atoms with Gasteiger partial charge < -0.3 is 10.5 Å². The van der Waals surface area contributed by atoms with Gasteiger partial charge in [-0.25, -0.2) is 4.98 Å². The molecule has 2 N–H and O–H groups in total. The number of nitrogens with zero attached hydrogens (tertiary/aromatic N) is 2. The molecule has 1 aromatic carbocycles. The maximum absolute atomic E-state index is 5.54. The van der Waals surface area contributed by atoms with Gasteiger partial charge in [0, 0.05) is 18.0 Å². The maximum Gasteiger partial charge on any atom is 0.199 e. The molecule has 0 amide bonds. The van der Waals surface area contributed by atoms with Crippen LogP contribution >= 0.6 is 11.5 Å². The predicted octanol–water partition coefficient (Wildman–Crippen LogP) is 2.69. The van der Waals surface area contributed by atoms with Crippen molar-refractivity contribution in [1.29, 1.82) is 0 Å². The van der Waals surface area contributed by atoms with E-state index in [4.69, 9.17) is 10.5 Å². The summed E-state index contributed by atoms with van der Waals surface area (Å²) in [6, 6.07) is 8.18. The van der Waals surface area contributed by atoms with Crippen LogP contribution in [0, 0.1) is 0 Å². The van der Waals surface area contributed by atoms with Crippen molar-refractivity contribution in [3.05, 3.63) is 35.7 Å². The summed E-state index contributed by atoms with van der Waals surface area (Å²) >= 11 is 1.25. The smallest absolute Gasteiger partial charge is 0.199 e. The number of hydrogen-bond acceptors (Lipinski definition) is 5. The summed E-state index contributed by atoms with van der Waals surface area (Å²) in [7, 11) is 0. The minimum absolute atomic E-state index is 0.535. The van der Waals surface area contributed by atoms with Crippen molar-refractivity contribution in [2.24, 2.45) is 0 Å². The Labute approximate surface area is 111 Å². The highest BCUT2D eigenvalue weighted by Crippen LogP contribution is 2.14. The fourth-order valence-corrected chi connectivity index (χ4v) is 2.07. The van der Waals surface area contributed by atoms with Gasteiger partial charge in [-0.15, -0.1) is 0 Å². The third-order valence-corrected chi connectivity index (χ3v) is 3.10. The number of aryl methyl sites for hydroxylation is 2. The molecule has 0 saturated carbocycles. The van der Waals surface area contributed by atoms with Crippen molar-refractivity contribution in [3.63, 3.8) is 0 Å². The topological polar surface area (TPSA) is 61.0 Å². The standard InChI is InChI=1S/C13H17N3OS/c1-2-9-17-11-6-3-10(4-7-11)5-8-12-15-13(14)18-16-12/h3-4,6-7H,2,5,8-9H2,1H3,(H2,14,15,16). The number of aromatic nitrogens is 2. The molecule has 0 fully saturated rings. The minimum atomic E-state index is 0.535. The molecule has 0 unspecified atom stereocenters. The quantitative estimate of drug-likeness (QED) is 0.870. The zero-order chi connectivity index (χ0) is 12.8. The van der Waals surface area contributed by atoms with Gasteiger partial charge in [0.25, 0.3) is 0 Å². The molecule has 0 saturated heterocycles. The molecule has 2 rings (SSSR count). The first-order valence-corrected chi connectivity index (χ1v) is 6.85. The molecule has 1 heterocycles. The largest absolute Gasteiger partial charge is 0.494 e. The summed E-state index contributed by atoms with van der Waals surface area (Å²) in [5.74, 6) is 1.75. The van der Waals surface area contributed by atoms with E-state index in [1.165, 1.54) is 17.1 Å². The lowest BCUT2D eigenvalue weighted by Crippen LogP contribution is -1.96. The lowest BCUT2D eigenvalue weighted by molar-refractivity contribution is 0.317. The van der Waals surface area contributed by atoms with E-state index in [1.807, 2.05) is 12.1 Å². The third kappa shape index (κ3) is 3.70. The number of nitrogen functional groups attached to an aromatic ring is 1. The van der Waals surface area contributed by atoms with E-state index in [0.29, 0.717) is 5.13 Å². The zero-order valence-corrected chi connectivity index (χ0v) is 11.2. The van der Waals surface area contributed by atoms with Gasteiger partial charge in [-0.3, -0.25) is 0 Å². The van der Waals surface area contributed by atoms with Crippen LogP contribution in [0.15, 0.2) is 24.3 Å². The fourth-order valence-electron chi connectivity index (χ4n) is 1.60. The van der Waals surface area contributed by atoms with Crippen LogP contribution in [0.5, 0.6) is 5.75 Å². The number of benzene rings is 1. The Kier molecular flexibility index (Phi) is 4.52. The number of anilines is 1. The van der Waals surface area contributed by atoms with Crippen LogP contribution in [0.1, 0.15) is 24.7 Å². The number of nitrogens with two attached hydrogens (primary N) is 1. The van der Waals surface area contributed by atoms with Crippen molar-refractivity contribution in [2.75, 3.05) is 12.3 Å². The molecule has 1 aromatic heterocycles. The molecule has 0 atom stereocenters. The molecule has 0 radical (unpaired) electrons. The molecule has 0 spiro atoms. The molecule has 96 valence electrons. The van der Waals surface area contributed by atoms with Gasteiger partial charge in [0.1, 0.15) is 11.6 Å².